The molecule has 2 N–H and O–H groups in total. The average molecular weight is 368 g/mol. The molecular weight excluding hydrogens is 362 g/mol. The standard InChI is InChI=1S/C11H6BrCl3N2O/c12-6-3-5(13)1-2-8(6)17-11(18)9-4-7(14)10(15)16-9/h1-4,16H,(H,17,18). The van der Waals surface area contributed by atoms with E-state index in [1.807, 2.05) is 0 Å². The summed E-state index contributed by atoms with van der Waals surface area (Å²) in [6.45, 7) is 0. The Balaban J connectivity index is 2.21. The molecular formula is C11H6BrCl3N2O. The molecule has 0 atom stereocenters. The van der Waals surface area contributed by atoms with Gasteiger partial charge in [0.25, 0.3) is 5.91 Å². The zero-order valence-corrected chi connectivity index (χ0v) is 12.6. The number of benzene rings is 1. The Morgan fingerprint density at radius 2 is 1.94 bits per heavy atom. The summed E-state index contributed by atoms with van der Waals surface area (Å²) in [5, 5.41) is 3.81. The highest BCUT2D eigenvalue weighted by atomic mass is 79.9. The summed E-state index contributed by atoms with van der Waals surface area (Å²) in [7, 11) is 0. The minimum atomic E-state index is -0.341. The summed E-state index contributed by atoms with van der Waals surface area (Å²) in [6, 6.07) is 6.52. The second-order valence-electron chi connectivity index (χ2n) is 3.42. The minimum absolute atomic E-state index is 0.233. The van der Waals surface area contributed by atoms with E-state index in [0.29, 0.717) is 20.2 Å². The molecule has 0 aliphatic rings. The topological polar surface area (TPSA) is 44.9 Å². The van der Waals surface area contributed by atoms with Crippen LogP contribution in [-0.2, 0) is 0 Å². The van der Waals surface area contributed by atoms with Gasteiger partial charge in [0, 0.05) is 9.50 Å². The number of nitrogens with one attached hydrogen (secondary N) is 2. The summed E-state index contributed by atoms with van der Waals surface area (Å²) in [4.78, 5) is 14.6. The maximum Gasteiger partial charge on any atom is 0.272 e. The summed E-state index contributed by atoms with van der Waals surface area (Å²) < 4.78 is 0.687. The first-order valence-corrected chi connectivity index (χ1v) is 6.70. The largest absolute Gasteiger partial charge is 0.340 e. The number of anilines is 1. The van der Waals surface area contributed by atoms with Crippen molar-refractivity contribution in [2.45, 2.75) is 0 Å². The summed E-state index contributed by atoms with van der Waals surface area (Å²) in [5.74, 6) is -0.341. The van der Waals surface area contributed by atoms with E-state index in [2.05, 4.69) is 26.2 Å². The Morgan fingerprint density at radius 3 is 2.50 bits per heavy atom. The lowest BCUT2D eigenvalue weighted by atomic mass is 10.3. The van der Waals surface area contributed by atoms with E-state index >= 15 is 0 Å². The molecule has 0 bridgehead atoms. The van der Waals surface area contributed by atoms with Gasteiger partial charge in [0.1, 0.15) is 10.8 Å². The van der Waals surface area contributed by atoms with Gasteiger partial charge in [0.05, 0.1) is 10.7 Å². The van der Waals surface area contributed by atoms with Gasteiger partial charge in [-0.2, -0.15) is 0 Å². The molecule has 0 saturated carbocycles. The lowest BCUT2D eigenvalue weighted by Gasteiger charge is -2.06. The molecule has 0 aliphatic heterocycles. The Hall–Kier alpha value is -0.680. The molecule has 0 radical (unpaired) electrons. The number of aromatic nitrogens is 1. The fraction of sp³-hybridized carbons (Fsp3) is 0. The second kappa shape index (κ2) is 5.53. The van der Waals surface area contributed by atoms with Gasteiger partial charge in [-0.15, -0.1) is 0 Å². The van der Waals surface area contributed by atoms with Crippen LogP contribution in [0.3, 0.4) is 0 Å². The number of amides is 1. The van der Waals surface area contributed by atoms with Crippen LogP contribution < -0.4 is 5.32 Å². The molecule has 3 nitrogen and oxygen atoms in total. The van der Waals surface area contributed by atoms with E-state index in [-0.39, 0.29) is 16.8 Å². The second-order valence-corrected chi connectivity index (χ2v) is 5.50. The van der Waals surface area contributed by atoms with Gasteiger partial charge in [-0.05, 0) is 40.2 Å². The summed E-state index contributed by atoms with van der Waals surface area (Å²) in [5.41, 5.74) is 0.887. The molecule has 1 heterocycles. The van der Waals surface area contributed by atoms with Crippen LogP contribution in [0, 0.1) is 0 Å². The average Bonchev–Trinajstić information content (AvgIpc) is 2.63. The van der Waals surface area contributed by atoms with E-state index in [1.165, 1.54) is 6.07 Å². The number of rotatable bonds is 2. The first kappa shape index (κ1) is 13.7. The number of carbonyl (C=O) groups is 1. The molecule has 94 valence electrons. The number of hydrogen-bond acceptors (Lipinski definition) is 1. The van der Waals surface area contributed by atoms with Crippen LogP contribution in [0.25, 0.3) is 0 Å². The number of carbonyl (C=O) groups excluding carboxylic acids is 1. The van der Waals surface area contributed by atoms with Crippen LogP contribution in [-0.4, -0.2) is 10.9 Å². The van der Waals surface area contributed by atoms with Crippen molar-refractivity contribution in [3.05, 3.63) is 49.6 Å². The third-order valence-electron chi connectivity index (χ3n) is 2.15. The van der Waals surface area contributed by atoms with Gasteiger partial charge < -0.3 is 10.3 Å². The number of aromatic amines is 1. The van der Waals surface area contributed by atoms with Crippen molar-refractivity contribution in [1.82, 2.24) is 4.98 Å². The molecule has 1 aromatic carbocycles. The molecule has 0 spiro atoms. The van der Waals surface area contributed by atoms with E-state index < -0.39 is 0 Å². The predicted molar refractivity (Wildman–Crippen MR) is 77.9 cm³/mol. The van der Waals surface area contributed by atoms with E-state index in [1.54, 1.807) is 18.2 Å². The zero-order valence-electron chi connectivity index (χ0n) is 8.73. The highest BCUT2D eigenvalue weighted by Gasteiger charge is 2.13. The van der Waals surface area contributed by atoms with Gasteiger partial charge >= 0.3 is 0 Å². The lowest BCUT2D eigenvalue weighted by molar-refractivity contribution is 0.102. The van der Waals surface area contributed by atoms with Gasteiger partial charge in [0.15, 0.2) is 0 Å². The Morgan fingerprint density at radius 1 is 1.22 bits per heavy atom. The molecule has 1 amide bonds. The normalized spacial score (nSPS) is 10.4. The third kappa shape index (κ3) is 3.01. The monoisotopic (exact) mass is 366 g/mol. The highest BCUT2D eigenvalue weighted by molar-refractivity contribution is 9.10. The molecule has 7 heteroatoms. The van der Waals surface area contributed by atoms with Crippen molar-refractivity contribution in [2.75, 3.05) is 5.32 Å². The molecule has 0 fully saturated rings. The highest BCUT2D eigenvalue weighted by Crippen LogP contribution is 2.27. The van der Waals surface area contributed by atoms with Crippen molar-refractivity contribution in [1.29, 1.82) is 0 Å². The first-order valence-electron chi connectivity index (χ1n) is 4.78. The summed E-state index contributed by atoms with van der Waals surface area (Å²) >= 11 is 20.6. The smallest absolute Gasteiger partial charge is 0.272 e. The van der Waals surface area contributed by atoms with Crippen molar-refractivity contribution in [3.8, 4) is 0 Å². The van der Waals surface area contributed by atoms with Crippen molar-refractivity contribution in [2.24, 2.45) is 0 Å². The van der Waals surface area contributed by atoms with Crippen LogP contribution in [0.15, 0.2) is 28.7 Å². The number of H-pyrrole nitrogens is 1. The number of hydrogen-bond donors (Lipinski definition) is 2. The van der Waals surface area contributed by atoms with Crippen molar-refractivity contribution >= 4 is 62.3 Å². The maximum atomic E-state index is 11.9. The maximum absolute atomic E-state index is 11.9. The fourth-order valence-corrected chi connectivity index (χ4v) is 2.40. The van der Waals surface area contributed by atoms with Crippen LogP contribution >= 0.6 is 50.7 Å². The van der Waals surface area contributed by atoms with Crippen molar-refractivity contribution < 1.29 is 4.79 Å². The Kier molecular flexibility index (Phi) is 4.22. The van der Waals surface area contributed by atoms with Gasteiger partial charge in [-0.1, -0.05) is 34.8 Å². The molecule has 0 saturated heterocycles. The third-order valence-corrected chi connectivity index (χ3v) is 3.73. The lowest BCUT2D eigenvalue weighted by Crippen LogP contribution is -2.12. The van der Waals surface area contributed by atoms with Crippen molar-refractivity contribution in [3.63, 3.8) is 0 Å². The quantitative estimate of drug-likeness (QED) is 0.771. The Bertz CT molecular complexity index is 593. The molecule has 0 aliphatic carbocycles. The molecule has 0 unspecified atom stereocenters. The minimum Gasteiger partial charge on any atom is -0.340 e. The van der Waals surface area contributed by atoms with Gasteiger partial charge in [-0.3, -0.25) is 4.79 Å². The molecule has 18 heavy (non-hydrogen) atoms. The SMILES string of the molecule is O=C(Nc1ccc(Cl)cc1Br)c1cc(Cl)c(Cl)[nH]1. The van der Waals surface area contributed by atoms with Crippen LogP contribution in [0.4, 0.5) is 5.69 Å². The molecule has 2 aromatic rings. The van der Waals surface area contributed by atoms with E-state index in [0.717, 1.165) is 0 Å². The number of halogens is 4. The van der Waals surface area contributed by atoms with Crippen LogP contribution in [0.2, 0.25) is 15.2 Å². The summed E-state index contributed by atoms with van der Waals surface area (Å²) in [6.07, 6.45) is 0. The van der Waals surface area contributed by atoms with E-state index in [9.17, 15) is 4.79 Å². The molecule has 1 aromatic heterocycles. The molecule has 2 rings (SSSR count). The van der Waals surface area contributed by atoms with Gasteiger partial charge in [-0.25, -0.2) is 0 Å². The first-order chi connectivity index (χ1) is 8.47. The van der Waals surface area contributed by atoms with Crippen LogP contribution in [0.5, 0.6) is 0 Å². The zero-order chi connectivity index (χ0) is 13.3. The fourth-order valence-electron chi connectivity index (χ4n) is 1.31. The van der Waals surface area contributed by atoms with Gasteiger partial charge in [0.2, 0.25) is 0 Å². The Labute approximate surface area is 127 Å². The predicted octanol–water partition coefficient (Wildman–Crippen LogP) is 4.99. The van der Waals surface area contributed by atoms with Crippen LogP contribution in [0.1, 0.15) is 10.5 Å². The van der Waals surface area contributed by atoms with E-state index in [4.69, 9.17) is 34.8 Å².